The second-order valence-corrected chi connectivity index (χ2v) is 5.40. The molecule has 22 heavy (non-hydrogen) atoms. The third kappa shape index (κ3) is 3.44. The Kier molecular flexibility index (Phi) is 5.14. The van der Waals surface area contributed by atoms with Gasteiger partial charge < -0.3 is 19.5 Å². The molecule has 1 saturated heterocycles. The lowest BCUT2D eigenvalue weighted by Crippen LogP contribution is -2.40. The van der Waals surface area contributed by atoms with Gasteiger partial charge in [0.2, 0.25) is 0 Å². The Balaban J connectivity index is 2.22. The van der Waals surface area contributed by atoms with Crippen molar-refractivity contribution in [2.24, 2.45) is 5.92 Å². The number of hydrogen-bond donors (Lipinski definition) is 1. The van der Waals surface area contributed by atoms with Crippen molar-refractivity contribution in [1.82, 2.24) is 4.90 Å². The van der Waals surface area contributed by atoms with E-state index in [1.54, 1.807) is 24.3 Å². The first-order valence-electron chi connectivity index (χ1n) is 7.18. The van der Waals surface area contributed by atoms with Crippen molar-refractivity contribution in [3.63, 3.8) is 0 Å². The molecular formula is C16H19NO5. The van der Waals surface area contributed by atoms with E-state index >= 15 is 0 Å². The summed E-state index contributed by atoms with van der Waals surface area (Å²) in [6.07, 6.45) is 1.68. The second kappa shape index (κ2) is 7.06. The predicted molar refractivity (Wildman–Crippen MR) is 78.7 cm³/mol. The van der Waals surface area contributed by atoms with Crippen molar-refractivity contribution in [2.75, 3.05) is 13.7 Å². The van der Waals surface area contributed by atoms with E-state index in [1.165, 1.54) is 12.0 Å². The molecule has 0 saturated carbocycles. The minimum absolute atomic E-state index is 0.193. The molecule has 1 aromatic carbocycles. The molecule has 2 rings (SSSR count). The van der Waals surface area contributed by atoms with Crippen LogP contribution in [0.25, 0.3) is 0 Å². The Bertz CT molecular complexity index is 554. The minimum atomic E-state index is -0.966. The number of carbonyl (C=O) groups is 3. The van der Waals surface area contributed by atoms with Gasteiger partial charge in [0, 0.05) is 13.0 Å². The monoisotopic (exact) mass is 305 g/mol. The van der Waals surface area contributed by atoms with Crippen molar-refractivity contribution in [3.05, 3.63) is 35.4 Å². The summed E-state index contributed by atoms with van der Waals surface area (Å²) in [5.74, 6) is -0.234. The van der Waals surface area contributed by atoms with E-state index in [0.29, 0.717) is 31.4 Å². The molecular weight excluding hydrogens is 286 g/mol. The van der Waals surface area contributed by atoms with E-state index in [1.807, 2.05) is 0 Å². The average molecular weight is 305 g/mol. The molecule has 0 bridgehead atoms. The van der Waals surface area contributed by atoms with Crippen LogP contribution < -0.4 is 0 Å². The molecule has 1 unspecified atom stereocenters. The highest BCUT2D eigenvalue weighted by molar-refractivity contribution is 5.89. The molecule has 1 aromatic rings. The van der Waals surface area contributed by atoms with Crippen LogP contribution in [-0.4, -0.2) is 42.0 Å². The van der Waals surface area contributed by atoms with Gasteiger partial charge in [-0.2, -0.15) is 0 Å². The zero-order chi connectivity index (χ0) is 16.1. The SMILES string of the molecule is COC(=O)c1ccc([C@@H]2CC(CC=O)CCN2C(=O)O)cc1. The second-order valence-electron chi connectivity index (χ2n) is 5.40. The summed E-state index contributed by atoms with van der Waals surface area (Å²) in [4.78, 5) is 35.0. The number of ether oxygens (including phenoxy) is 1. The number of methoxy groups -OCH3 is 1. The van der Waals surface area contributed by atoms with Gasteiger partial charge in [0.05, 0.1) is 18.7 Å². The number of carbonyl (C=O) groups excluding carboxylic acids is 2. The van der Waals surface area contributed by atoms with Crippen LogP contribution in [0, 0.1) is 5.92 Å². The van der Waals surface area contributed by atoms with E-state index in [9.17, 15) is 19.5 Å². The van der Waals surface area contributed by atoms with Crippen LogP contribution >= 0.6 is 0 Å². The predicted octanol–water partition coefficient (Wildman–Crippen LogP) is 2.49. The lowest BCUT2D eigenvalue weighted by atomic mass is 9.85. The number of hydrogen-bond acceptors (Lipinski definition) is 4. The normalized spacial score (nSPS) is 21.2. The van der Waals surface area contributed by atoms with Gasteiger partial charge in [-0.1, -0.05) is 12.1 Å². The van der Waals surface area contributed by atoms with Crippen LogP contribution in [0.3, 0.4) is 0 Å². The van der Waals surface area contributed by atoms with E-state index in [0.717, 1.165) is 11.8 Å². The maximum Gasteiger partial charge on any atom is 0.407 e. The number of nitrogens with zero attached hydrogens (tertiary/aromatic N) is 1. The summed E-state index contributed by atoms with van der Waals surface area (Å²) >= 11 is 0. The van der Waals surface area contributed by atoms with Crippen LogP contribution in [0.4, 0.5) is 4.79 Å². The molecule has 118 valence electrons. The van der Waals surface area contributed by atoms with Crippen molar-refractivity contribution in [2.45, 2.75) is 25.3 Å². The molecule has 1 aliphatic rings. The lowest BCUT2D eigenvalue weighted by molar-refractivity contribution is -0.109. The van der Waals surface area contributed by atoms with Gasteiger partial charge in [-0.3, -0.25) is 0 Å². The molecule has 6 heteroatoms. The molecule has 1 N–H and O–H groups in total. The first kappa shape index (κ1) is 16.0. The van der Waals surface area contributed by atoms with E-state index < -0.39 is 12.1 Å². The van der Waals surface area contributed by atoms with Crippen molar-refractivity contribution >= 4 is 18.3 Å². The first-order valence-corrected chi connectivity index (χ1v) is 7.18. The number of rotatable bonds is 4. The van der Waals surface area contributed by atoms with Gasteiger partial charge >= 0.3 is 12.1 Å². The molecule has 0 radical (unpaired) electrons. The van der Waals surface area contributed by atoms with Crippen molar-refractivity contribution in [1.29, 1.82) is 0 Å². The maximum atomic E-state index is 11.4. The molecule has 6 nitrogen and oxygen atoms in total. The smallest absolute Gasteiger partial charge is 0.407 e. The molecule has 1 heterocycles. The summed E-state index contributed by atoms with van der Waals surface area (Å²) in [6, 6.07) is 6.46. The highest BCUT2D eigenvalue weighted by atomic mass is 16.5. The Morgan fingerprint density at radius 3 is 2.59 bits per heavy atom. The van der Waals surface area contributed by atoms with Gasteiger partial charge in [0.1, 0.15) is 6.29 Å². The third-order valence-corrected chi connectivity index (χ3v) is 4.10. The number of esters is 1. The largest absolute Gasteiger partial charge is 0.465 e. The lowest BCUT2D eigenvalue weighted by Gasteiger charge is -2.37. The van der Waals surface area contributed by atoms with Gasteiger partial charge in [0.25, 0.3) is 0 Å². The molecule has 1 fully saturated rings. The molecule has 0 spiro atoms. The zero-order valence-electron chi connectivity index (χ0n) is 12.4. The highest BCUT2D eigenvalue weighted by Crippen LogP contribution is 2.35. The molecule has 2 atom stereocenters. The summed E-state index contributed by atoms with van der Waals surface area (Å²) in [5, 5.41) is 9.35. The Morgan fingerprint density at radius 1 is 1.36 bits per heavy atom. The fourth-order valence-corrected chi connectivity index (χ4v) is 2.89. The quantitative estimate of drug-likeness (QED) is 0.682. The van der Waals surface area contributed by atoms with Gasteiger partial charge in [-0.05, 0) is 36.5 Å². The Labute approximate surface area is 128 Å². The molecule has 1 aliphatic heterocycles. The van der Waals surface area contributed by atoms with Crippen LogP contribution in [0.2, 0.25) is 0 Å². The van der Waals surface area contributed by atoms with Gasteiger partial charge in [-0.25, -0.2) is 9.59 Å². The fourth-order valence-electron chi connectivity index (χ4n) is 2.89. The number of likely N-dealkylation sites (tertiary alicyclic amines) is 1. The van der Waals surface area contributed by atoms with E-state index in [2.05, 4.69) is 4.74 Å². The summed E-state index contributed by atoms with van der Waals surface area (Å²) < 4.78 is 4.65. The average Bonchev–Trinajstić information content (AvgIpc) is 2.54. The summed E-state index contributed by atoms with van der Waals surface area (Å²) in [6.45, 7) is 0.414. The van der Waals surface area contributed by atoms with Crippen molar-refractivity contribution in [3.8, 4) is 0 Å². The van der Waals surface area contributed by atoms with Crippen LogP contribution in [0.15, 0.2) is 24.3 Å². The number of piperidine rings is 1. The first-order chi connectivity index (χ1) is 10.6. The topological polar surface area (TPSA) is 83.9 Å². The number of carboxylic acid groups (broad SMARTS) is 1. The minimum Gasteiger partial charge on any atom is -0.465 e. The number of benzene rings is 1. The summed E-state index contributed by atoms with van der Waals surface area (Å²) in [5.41, 5.74) is 1.25. The van der Waals surface area contributed by atoms with Crippen molar-refractivity contribution < 1.29 is 24.2 Å². The third-order valence-electron chi connectivity index (χ3n) is 4.10. The van der Waals surface area contributed by atoms with Gasteiger partial charge in [-0.15, -0.1) is 0 Å². The Hall–Kier alpha value is -2.37. The van der Waals surface area contributed by atoms with Crippen LogP contribution in [0.5, 0.6) is 0 Å². The number of aldehydes is 1. The van der Waals surface area contributed by atoms with Crippen LogP contribution in [0.1, 0.15) is 41.2 Å². The zero-order valence-corrected chi connectivity index (χ0v) is 12.4. The fraction of sp³-hybridized carbons (Fsp3) is 0.438. The van der Waals surface area contributed by atoms with E-state index in [-0.39, 0.29) is 12.0 Å². The van der Waals surface area contributed by atoms with E-state index in [4.69, 9.17) is 0 Å². The highest BCUT2D eigenvalue weighted by Gasteiger charge is 2.32. The summed E-state index contributed by atoms with van der Waals surface area (Å²) in [7, 11) is 1.31. The standard InChI is InChI=1S/C16H19NO5/c1-22-15(19)13-4-2-12(3-5-13)14-10-11(7-9-18)6-8-17(14)16(20)21/h2-5,9,11,14H,6-8,10H2,1H3,(H,20,21)/t11?,14-/m0/s1. The van der Waals surface area contributed by atoms with Crippen LogP contribution in [-0.2, 0) is 9.53 Å². The molecule has 0 aliphatic carbocycles. The van der Waals surface area contributed by atoms with Gasteiger partial charge in [0.15, 0.2) is 0 Å². The Morgan fingerprint density at radius 2 is 2.05 bits per heavy atom. The maximum absolute atomic E-state index is 11.4. The molecule has 0 aromatic heterocycles. The number of amides is 1. The molecule has 1 amide bonds.